The number of nitrogens with one attached hydrogen (secondary N) is 1. The molecule has 8 nitrogen and oxygen atoms in total. The second kappa shape index (κ2) is 8.24. The first-order valence-electron chi connectivity index (χ1n) is 9.91. The molecule has 158 valence electrons. The van der Waals surface area contributed by atoms with Crippen molar-refractivity contribution in [1.82, 2.24) is 24.4 Å². The molecule has 1 aliphatic rings. The number of carbonyl (C=O) groups excluding carboxylic acids is 2. The van der Waals surface area contributed by atoms with Gasteiger partial charge in [0.05, 0.1) is 35.0 Å². The number of halogens is 1. The molecule has 0 radical (unpaired) electrons. The Balaban J connectivity index is 1.33. The molecule has 1 N–H and O–H groups in total. The quantitative estimate of drug-likeness (QED) is 0.451. The molecule has 0 unspecified atom stereocenters. The van der Waals surface area contributed by atoms with Crippen molar-refractivity contribution in [3.05, 3.63) is 89.5 Å². The van der Waals surface area contributed by atoms with Gasteiger partial charge in [0, 0.05) is 30.0 Å². The Kier molecular flexibility index (Phi) is 5.12. The van der Waals surface area contributed by atoms with Crippen LogP contribution in [0.2, 0.25) is 5.02 Å². The lowest BCUT2D eigenvalue weighted by atomic mass is 10.1. The number of carbonyl (C=O) groups is 2. The van der Waals surface area contributed by atoms with Crippen LogP contribution in [0.4, 0.5) is 11.6 Å². The second-order valence-electron chi connectivity index (χ2n) is 7.18. The fourth-order valence-corrected chi connectivity index (χ4v) is 3.81. The molecule has 0 aliphatic carbocycles. The van der Waals surface area contributed by atoms with Gasteiger partial charge in [-0.2, -0.15) is 0 Å². The highest BCUT2D eigenvalue weighted by molar-refractivity contribution is 6.30. The number of rotatable bonds is 6. The third kappa shape index (κ3) is 3.72. The summed E-state index contributed by atoms with van der Waals surface area (Å²) in [6.45, 7) is 0.621. The highest BCUT2D eigenvalue weighted by atomic mass is 35.5. The molecule has 0 spiro atoms. The van der Waals surface area contributed by atoms with E-state index in [1.54, 1.807) is 61.2 Å². The number of amides is 2. The van der Waals surface area contributed by atoms with Gasteiger partial charge in [-0.1, -0.05) is 29.8 Å². The lowest BCUT2D eigenvalue weighted by Crippen LogP contribution is -2.32. The summed E-state index contributed by atoms with van der Waals surface area (Å²) in [6.07, 6.45) is 4.99. The zero-order valence-corrected chi connectivity index (χ0v) is 17.5. The number of anilines is 2. The SMILES string of the molecule is O=C1c2ccccc2C(=O)N1CCn1cncc1-c1ccnc(Nc2cccc(Cl)c2)n1. The third-order valence-electron chi connectivity index (χ3n) is 5.15. The minimum Gasteiger partial charge on any atom is -0.328 e. The molecule has 9 heteroatoms. The van der Waals surface area contributed by atoms with Crippen LogP contribution >= 0.6 is 11.6 Å². The Hall–Kier alpha value is -4.04. The first-order chi connectivity index (χ1) is 15.6. The van der Waals surface area contributed by atoms with Gasteiger partial charge in [-0.3, -0.25) is 14.5 Å². The summed E-state index contributed by atoms with van der Waals surface area (Å²) < 4.78 is 1.86. The molecule has 4 aromatic rings. The number of fused-ring (bicyclic) bond motifs is 1. The van der Waals surface area contributed by atoms with E-state index in [4.69, 9.17) is 11.6 Å². The Labute approximate surface area is 188 Å². The van der Waals surface area contributed by atoms with E-state index in [1.165, 1.54) is 4.90 Å². The Morgan fingerprint density at radius 3 is 2.47 bits per heavy atom. The van der Waals surface area contributed by atoms with Crippen LogP contribution in [0.25, 0.3) is 11.4 Å². The molecule has 0 saturated heterocycles. The summed E-state index contributed by atoms with van der Waals surface area (Å²) in [5.41, 5.74) is 3.06. The molecule has 3 heterocycles. The minimum atomic E-state index is -0.276. The fraction of sp³-hybridized carbons (Fsp3) is 0.0870. The molecule has 1 aliphatic heterocycles. The molecule has 5 rings (SSSR count). The monoisotopic (exact) mass is 444 g/mol. The van der Waals surface area contributed by atoms with E-state index in [9.17, 15) is 9.59 Å². The molecule has 0 fully saturated rings. The second-order valence-corrected chi connectivity index (χ2v) is 7.62. The van der Waals surface area contributed by atoms with Gasteiger partial charge < -0.3 is 9.88 Å². The number of imidazole rings is 1. The van der Waals surface area contributed by atoms with Gasteiger partial charge in [-0.25, -0.2) is 15.0 Å². The molecule has 2 aromatic carbocycles. The lowest BCUT2D eigenvalue weighted by molar-refractivity contribution is 0.0649. The summed E-state index contributed by atoms with van der Waals surface area (Å²) >= 11 is 6.04. The van der Waals surface area contributed by atoms with Crippen molar-refractivity contribution in [2.75, 3.05) is 11.9 Å². The third-order valence-corrected chi connectivity index (χ3v) is 5.39. The molecule has 2 aromatic heterocycles. The molecule has 2 amide bonds. The average molecular weight is 445 g/mol. The first kappa shape index (κ1) is 19.9. The van der Waals surface area contributed by atoms with Gasteiger partial charge in [-0.15, -0.1) is 0 Å². The van der Waals surface area contributed by atoms with Crippen LogP contribution in [0.3, 0.4) is 0 Å². The number of nitrogens with zero attached hydrogens (tertiary/aromatic N) is 5. The number of hydrogen-bond donors (Lipinski definition) is 1. The van der Waals surface area contributed by atoms with Crippen molar-refractivity contribution in [2.24, 2.45) is 0 Å². The fourth-order valence-electron chi connectivity index (χ4n) is 3.62. The standard InChI is InChI=1S/C23H17ClN6O2/c24-15-4-3-5-16(12-15)27-23-26-9-8-19(28-23)20-13-25-14-29(20)10-11-30-21(31)17-6-1-2-7-18(17)22(30)32/h1-9,12-14H,10-11H2,(H,26,27,28). The lowest BCUT2D eigenvalue weighted by Gasteiger charge is -2.15. The van der Waals surface area contributed by atoms with Crippen LogP contribution in [0, 0.1) is 0 Å². The van der Waals surface area contributed by atoms with Gasteiger partial charge in [0.1, 0.15) is 0 Å². The van der Waals surface area contributed by atoms with E-state index in [1.807, 2.05) is 16.7 Å². The zero-order valence-electron chi connectivity index (χ0n) is 16.8. The van der Waals surface area contributed by atoms with Crippen molar-refractivity contribution in [1.29, 1.82) is 0 Å². The topological polar surface area (TPSA) is 93.0 Å². The molecule has 32 heavy (non-hydrogen) atoms. The highest BCUT2D eigenvalue weighted by Gasteiger charge is 2.34. The Morgan fingerprint density at radius 2 is 1.72 bits per heavy atom. The predicted molar refractivity (Wildman–Crippen MR) is 120 cm³/mol. The van der Waals surface area contributed by atoms with Crippen molar-refractivity contribution >= 4 is 35.1 Å². The van der Waals surface area contributed by atoms with Crippen LogP contribution in [0.1, 0.15) is 20.7 Å². The minimum absolute atomic E-state index is 0.231. The maximum absolute atomic E-state index is 12.6. The predicted octanol–water partition coefficient (Wildman–Crippen LogP) is 4.03. The molecular formula is C23H17ClN6O2. The van der Waals surface area contributed by atoms with E-state index < -0.39 is 0 Å². The molecule has 0 bridgehead atoms. The highest BCUT2D eigenvalue weighted by Crippen LogP contribution is 2.24. The zero-order chi connectivity index (χ0) is 22.1. The molecule has 0 saturated carbocycles. The number of aromatic nitrogens is 4. The average Bonchev–Trinajstić information content (AvgIpc) is 3.36. The molecular weight excluding hydrogens is 428 g/mol. The van der Waals surface area contributed by atoms with Crippen LogP contribution in [0.15, 0.2) is 73.3 Å². The van der Waals surface area contributed by atoms with E-state index >= 15 is 0 Å². The normalized spacial score (nSPS) is 12.8. The number of benzene rings is 2. The van der Waals surface area contributed by atoms with E-state index in [-0.39, 0.29) is 18.4 Å². The largest absolute Gasteiger partial charge is 0.328 e. The van der Waals surface area contributed by atoms with Crippen molar-refractivity contribution < 1.29 is 9.59 Å². The van der Waals surface area contributed by atoms with Gasteiger partial charge >= 0.3 is 0 Å². The van der Waals surface area contributed by atoms with Crippen LogP contribution in [-0.4, -0.2) is 42.8 Å². The van der Waals surface area contributed by atoms with Crippen molar-refractivity contribution in [2.45, 2.75) is 6.54 Å². The van der Waals surface area contributed by atoms with Crippen LogP contribution in [0.5, 0.6) is 0 Å². The Bertz CT molecular complexity index is 1300. The summed E-state index contributed by atoms with van der Waals surface area (Å²) in [5.74, 6) is -0.137. The summed E-state index contributed by atoms with van der Waals surface area (Å²) in [4.78, 5) is 39.5. The van der Waals surface area contributed by atoms with Crippen LogP contribution < -0.4 is 5.32 Å². The maximum Gasteiger partial charge on any atom is 0.261 e. The maximum atomic E-state index is 12.6. The summed E-state index contributed by atoms with van der Waals surface area (Å²) in [7, 11) is 0. The number of imide groups is 1. The van der Waals surface area contributed by atoms with Crippen LogP contribution in [-0.2, 0) is 6.54 Å². The van der Waals surface area contributed by atoms with E-state index in [0.717, 1.165) is 11.4 Å². The van der Waals surface area contributed by atoms with Gasteiger partial charge in [0.25, 0.3) is 11.8 Å². The summed E-state index contributed by atoms with van der Waals surface area (Å²) in [5, 5.41) is 3.74. The molecule has 0 atom stereocenters. The van der Waals surface area contributed by atoms with Crippen molar-refractivity contribution in [3.8, 4) is 11.4 Å². The van der Waals surface area contributed by atoms with Gasteiger partial charge in [0.15, 0.2) is 0 Å². The number of hydrogen-bond acceptors (Lipinski definition) is 6. The first-order valence-corrected chi connectivity index (χ1v) is 10.3. The smallest absolute Gasteiger partial charge is 0.261 e. The van der Waals surface area contributed by atoms with Gasteiger partial charge in [-0.05, 0) is 36.4 Å². The summed E-state index contributed by atoms with van der Waals surface area (Å²) in [6, 6.07) is 15.9. The Morgan fingerprint density at radius 1 is 0.938 bits per heavy atom. The van der Waals surface area contributed by atoms with E-state index in [0.29, 0.717) is 34.3 Å². The van der Waals surface area contributed by atoms with Gasteiger partial charge in [0.2, 0.25) is 5.95 Å². The van der Waals surface area contributed by atoms with E-state index in [2.05, 4.69) is 20.3 Å². The van der Waals surface area contributed by atoms with Crippen molar-refractivity contribution in [3.63, 3.8) is 0 Å².